The van der Waals surface area contributed by atoms with Crippen LogP contribution in [0.4, 0.5) is 0 Å². The summed E-state index contributed by atoms with van der Waals surface area (Å²) in [6.07, 6.45) is 5.23. The van der Waals surface area contributed by atoms with Gasteiger partial charge in [0.1, 0.15) is 6.04 Å². The van der Waals surface area contributed by atoms with Crippen molar-refractivity contribution in [1.82, 2.24) is 5.32 Å². The van der Waals surface area contributed by atoms with Crippen molar-refractivity contribution in [2.75, 3.05) is 25.2 Å². The standard InChI is InChI=1S/C11H23NO2S/c1-4-10(11(13)14-5-2)12-8-6-7-9-15-3/h10,12H,4-9H2,1-3H3. The quantitative estimate of drug-likeness (QED) is 0.489. The minimum atomic E-state index is -0.126. The van der Waals surface area contributed by atoms with Gasteiger partial charge in [-0.1, -0.05) is 6.92 Å². The molecule has 0 amide bonds. The van der Waals surface area contributed by atoms with Gasteiger partial charge in [0.05, 0.1) is 6.61 Å². The SMILES string of the molecule is CCOC(=O)C(CC)NCCCCSC. The van der Waals surface area contributed by atoms with E-state index in [4.69, 9.17) is 4.74 Å². The normalized spacial score (nSPS) is 12.5. The number of rotatable bonds is 9. The predicted octanol–water partition coefficient (Wildman–Crippen LogP) is 2.06. The van der Waals surface area contributed by atoms with E-state index in [1.165, 1.54) is 12.2 Å². The molecule has 0 radical (unpaired) electrons. The first-order chi connectivity index (χ1) is 7.26. The van der Waals surface area contributed by atoms with Crippen LogP contribution in [-0.4, -0.2) is 37.2 Å². The molecule has 0 aromatic heterocycles. The Labute approximate surface area is 97.3 Å². The van der Waals surface area contributed by atoms with Crippen LogP contribution in [0.25, 0.3) is 0 Å². The molecule has 4 heteroatoms. The first kappa shape index (κ1) is 14.8. The summed E-state index contributed by atoms with van der Waals surface area (Å²) >= 11 is 1.86. The number of ether oxygens (including phenoxy) is 1. The highest BCUT2D eigenvalue weighted by Gasteiger charge is 2.15. The van der Waals surface area contributed by atoms with Crippen LogP contribution in [-0.2, 0) is 9.53 Å². The molecule has 1 N–H and O–H groups in total. The van der Waals surface area contributed by atoms with Crippen LogP contribution in [0.2, 0.25) is 0 Å². The summed E-state index contributed by atoms with van der Waals surface area (Å²) in [5.74, 6) is 1.07. The van der Waals surface area contributed by atoms with Gasteiger partial charge < -0.3 is 10.1 Å². The van der Waals surface area contributed by atoms with Gasteiger partial charge in [-0.15, -0.1) is 0 Å². The Kier molecular flexibility index (Phi) is 10.2. The predicted molar refractivity (Wildman–Crippen MR) is 66.3 cm³/mol. The van der Waals surface area contributed by atoms with E-state index in [1.54, 1.807) is 0 Å². The second-order valence-electron chi connectivity index (χ2n) is 3.37. The third-order valence-electron chi connectivity index (χ3n) is 2.15. The maximum atomic E-state index is 11.4. The number of esters is 1. The summed E-state index contributed by atoms with van der Waals surface area (Å²) in [6.45, 7) is 5.20. The Bertz CT molecular complexity index is 165. The van der Waals surface area contributed by atoms with E-state index in [1.807, 2.05) is 25.6 Å². The van der Waals surface area contributed by atoms with Crippen LogP contribution in [0.15, 0.2) is 0 Å². The minimum absolute atomic E-state index is 0.120. The maximum absolute atomic E-state index is 11.4. The average molecular weight is 233 g/mol. The molecule has 0 aromatic rings. The van der Waals surface area contributed by atoms with Crippen molar-refractivity contribution in [3.05, 3.63) is 0 Å². The summed E-state index contributed by atoms with van der Waals surface area (Å²) in [6, 6.07) is -0.126. The molecule has 0 bridgehead atoms. The molecule has 0 saturated carbocycles. The van der Waals surface area contributed by atoms with E-state index in [0.717, 1.165) is 19.4 Å². The second-order valence-corrected chi connectivity index (χ2v) is 4.35. The minimum Gasteiger partial charge on any atom is -0.465 e. The third kappa shape index (κ3) is 7.68. The molecule has 0 aliphatic heterocycles. The van der Waals surface area contributed by atoms with Crippen molar-refractivity contribution in [1.29, 1.82) is 0 Å². The zero-order valence-electron chi connectivity index (χ0n) is 10.0. The van der Waals surface area contributed by atoms with Crippen molar-refractivity contribution in [3.8, 4) is 0 Å². The monoisotopic (exact) mass is 233 g/mol. The average Bonchev–Trinajstić information content (AvgIpc) is 2.23. The lowest BCUT2D eigenvalue weighted by Crippen LogP contribution is -2.38. The fourth-order valence-electron chi connectivity index (χ4n) is 1.28. The number of thioether (sulfide) groups is 1. The summed E-state index contributed by atoms with van der Waals surface area (Å²) in [5.41, 5.74) is 0. The molecule has 0 aliphatic carbocycles. The molecule has 0 saturated heterocycles. The summed E-state index contributed by atoms with van der Waals surface area (Å²) in [5, 5.41) is 3.23. The largest absolute Gasteiger partial charge is 0.465 e. The Morgan fingerprint density at radius 2 is 2.13 bits per heavy atom. The molecule has 0 fully saturated rings. The van der Waals surface area contributed by atoms with E-state index >= 15 is 0 Å². The van der Waals surface area contributed by atoms with Crippen LogP contribution < -0.4 is 5.32 Å². The topological polar surface area (TPSA) is 38.3 Å². The Balaban J connectivity index is 3.56. The highest BCUT2D eigenvalue weighted by atomic mass is 32.2. The van der Waals surface area contributed by atoms with Gasteiger partial charge in [0.2, 0.25) is 0 Å². The lowest BCUT2D eigenvalue weighted by atomic mass is 10.2. The van der Waals surface area contributed by atoms with Crippen LogP contribution in [0.3, 0.4) is 0 Å². The van der Waals surface area contributed by atoms with Crippen LogP contribution in [0.5, 0.6) is 0 Å². The number of carbonyl (C=O) groups is 1. The Morgan fingerprint density at radius 3 is 2.67 bits per heavy atom. The molecule has 0 rings (SSSR count). The molecule has 0 spiro atoms. The molecule has 0 heterocycles. The highest BCUT2D eigenvalue weighted by Crippen LogP contribution is 2.00. The van der Waals surface area contributed by atoms with E-state index in [2.05, 4.69) is 11.6 Å². The summed E-state index contributed by atoms with van der Waals surface area (Å²) in [7, 11) is 0. The number of unbranched alkanes of at least 4 members (excludes halogenated alkanes) is 1. The fraction of sp³-hybridized carbons (Fsp3) is 0.909. The first-order valence-corrected chi connectivity index (χ1v) is 7.04. The molecular formula is C11H23NO2S. The van der Waals surface area contributed by atoms with Gasteiger partial charge in [-0.2, -0.15) is 11.8 Å². The zero-order valence-corrected chi connectivity index (χ0v) is 10.9. The summed E-state index contributed by atoms with van der Waals surface area (Å²) in [4.78, 5) is 11.4. The van der Waals surface area contributed by atoms with Gasteiger partial charge in [0.25, 0.3) is 0 Å². The van der Waals surface area contributed by atoms with Gasteiger partial charge in [-0.05, 0) is 44.7 Å². The third-order valence-corrected chi connectivity index (χ3v) is 2.84. The Hall–Kier alpha value is -0.220. The molecule has 0 aliphatic rings. The molecule has 1 atom stereocenters. The molecule has 3 nitrogen and oxygen atoms in total. The zero-order chi connectivity index (χ0) is 11.5. The number of carbonyl (C=O) groups excluding carboxylic acids is 1. The van der Waals surface area contributed by atoms with E-state index in [0.29, 0.717) is 6.61 Å². The highest BCUT2D eigenvalue weighted by molar-refractivity contribution is 7.98. The lowest BCUT2D eigenvalue weighted by Gasteiger charge is -2.14. The second kappa shape index (κ2) is 10.3. The van der Waals surface area contributed by atoms with Crippen LogP contribution in [0.1, 0.15) is 33.1 Å². The summed E-state index contributed by atoms with van der Waals surface area (Å²) < 4.78 is 4.97. The maximum Gasteiger partial charge on any atom is 0.323 e. The van der Waals surface area contributed by atoms with Gasteiger partial charge in [-0.25, -0.2) is 0 Å². The molecule has 15 heavy (non-hydrogen) atoms. The smallest absolute Gasteiger partial charge is 0.323 e. The van der Waals surface area contributed by atoms with Gasteiger partial charge >= 0.3 is 5.97 Å². The molecular weight excluding hydrogens is 210 g/mol. The molecule has 0 aromatic carbocycles. The van der Waals surface area contributed by atoms with E-state index in [9.17, 15) is 4.79 Å². The van der Waals surface area contributed by atoms with E-state index < -0.39 is 0 Å². The Morgan fingerprint density at radius 1 is 1.40 bits per heavy atom. The van der Waals surface area contributed by atoms with Gasteiger partial charge in [0, 0.05) is 0 Å². The van der Waals surface area contributed by atoms with Gasteiger partial charge in [-0.3, -0.25) is 4.79 Å². The number of nitrogens with one attached hydrogen (secondary N) is 1. The fourth-order valence-corrected chi connectivity index (χ4v) is 1.78. The number of hydrogen-bond acceptors (Lipinski definition) is 4. The molecule has 90 valence electrons. The lowest BCUT2D eigenvalue weighted by molar-refractivity contribution is -0.145. The van der Waals surface area contributed by atoms with Crippen molar-refractivity contribution in [2.24, 2.45) is 0 Å². The van der Waals surface area contributed by atoms with Crippen molar-refractivity contribution in [3.63, 3.8) is 0 Å². The van der Waals surface area contributed by atoms with Gasteiger partial charge in [0.15, 0.2) is 0 Å². The van der Waals surface area contributed by atoms with Crippen LogP contribution in [0, 0.1) is 0 Å². The van der Waals surface area contributed by atoms with Crippen molar-refractivity contribution in [2.45, 2.75) is 39.2 Å². The first-order valence-electron chi connectivity index (χ1n) is 5.65. The van der Waals surface area contributed by atoms with E-state index in [-0.39, 0.29) is 12.0 Å². The number of hydrogen-bond donors (Lipinski definition) is 1. The van der Waals surface area contributed by atoms with Crippen molar-refractivity contribution >= 4 is 17.7 Å². The van der Waals surface area contributed by atoms with Crippen LogP contribution >= 0.6 is 11.8 Å². The molecule has 1 unspecified atom stereocenters. The van der Waals surface area contributed by atoms with Crippen molar-refractivity contribution < 1.29 is 9.53 Å².